The molecule has 0 unspecified atom stereocenters. The average molecular weight is 697 g/mol. The summed E-state index contributed by atoms with van der Waals surface area (Å²) in [5, 5.41) is 0. The van der Waals surface area contributed by atoms with E-state index >= 15 is 0 Å². The predicted molar refractivity (Wildman–Crippen MR) is 222 cm³/mol. The first-order chi connectivity index (χ1) is 26.7. The fraction of sp³-hybridized carbons (Fsp3) is 0.0408. The molecule has 8 aromatic rings. The minimum atomic E-state index is 0.703. The molecule has 0 bridgehead atoms. The van der Waals surface area contributed by atoms with Crippen LogP contribution in [0.3, 0.4) is 0 Å². The van der Waals surface area contributed by atoms with Crippen LogP contribution in [0.25, 0.3) is 33.4 Å². The van der Waals surface area contributed by atoms with Crippen LogP contribution in [-0.4, -0.2) is 11.7 Å². The van der Waals surface area contributed by atoms with E-state index < -0.39 is 0 Å². The third kappa shape index (κ3) is 5.46. The first-order valence-electron chi connectivity index (χ1n) is 18.3. The molecular formula is C49H36N4O. The van der Waals surface area contributed by atoms with Crippen molar-refractivity contribution in [2.24, 2.45) is 0 Å². The summed E-state index contributed by atoms with van der Waals surface area (Å²) in [6.07, 6.45) is 2.00. The van der Waals surface area contributed by atoms with Crippen LogP contribution >= 0.6 is 0 Å². The van der Waals surface area contributed by atoms with E-state index in [0.29, 0.717) is 6.67 Å². The van der Waals surface area contributed by atoms with E-state index in [0.717, 1.165) is 73.6 Å². The molecule has 258 valence electrons. The van der Waals surface area contributed by atoms with Crippen molar-refractivity contribution in [3.63, 3.8) is 0 Å². The molecule has 1 aromatic heterocycles. The van der Waals surface area contributed by atoms with Crippen molar-refractivity contribution in [3.05, 3.63) is 194 Å². The highest BCUT2D eigenvalue weighted by Gasteiger charge is 2.29. The zero-order valence-electron chi connectivity index (χ0n) is 29.8. The highest BCUT2D eigenvalue weighted by molar-refractivity contribution is 6.02. The van der Waals surface area contributed by atoms with E-state index in [1.807, 2.05) is 18.3 Å². The first kappa shape index (κ1) is 31.6. The number of hydrogen-bond acceptors (Lipinski definition) is 5. The molecule has 0 spiro atoms. The Morgan fingerprint density at radius 1 is 0.444 bits per heavy atom. The molecule has 5 nitrogen and oxygen atoms in total. The molecule has 3 heterocycles. The number of aromatic nitrogens is 1. The fourth-order valence-corrected chi connectivity index (χ4v) is 7.91. The van der Waals surface area contributed by atoms with Crippen molar-refractivity contribution in [2.45, 2.75) is 6.92 Å². The second kappa shape index (κ2) is 13.1. The van der Waals surface area contributed by atoms with Gasteiger partial charge in [0.05, 0.1) is 22.7 Å². The van der Waals surface area contributed by atoms with Crippen molar-refractivity contribution >= 4 is 39.9 Å². The lowest BCUT2D eigenvalue weighted by Gasteiger charge is -2.27. The van der Waals surface area contributed by atoms with E-state index in [9.17, 15) is 0 Å². The molecule has 0 atom stereocenters. The molecule has 0 N–H and O–H groups in total. The summed E-state index contributed by atoms with van der Waals surface area (Å²) in [6.45, 7) is 2.87. The number of aryl methyl sites for hydroxylation is 1. The van der Waals surface area contributed by atoms with Crippen LogP contribution in [0.2, 0.25) is 0 Å². The maximum Gasteiger partial charge on any atom is 0.137 e. The summed E-state index contributed by atoms with van der Waals surface area (Å²) >= 11 is 0. The van der Waals surface area contributed by atoms with Gasteiger partial charge < -0.3 is 14.5 Å². The number of pyridine rings is 1. The number of rotatable bonds is 6. The van der Waals surface area contributed by atoms with Crippen molar-refractivity contribution in [1.82, 2.24) is 4.98 Å². The zero-order valence-corrected chi connectivity index (χ0v) is 29.8. The number of nitrogens with zero attached hydrogens (tertiary/aromatic N) is 4. The average Bonchev–Trinajstić information content (AvgIpc) is 3.57. The Labute approximate surface area is 315 Å². The van der Waals surface area contributed by atoms with E-state index in [-0.39, 0.29) is 0 Å². The summed E-state index contributed by atoms with van der Waals surface area (Å²) in [7, 11) is 0. The van der Waals surface area contributed by atoms with Gasteiger partial charge in [0.25, 0.3) is 0 Å². The summed E-state index contributed by atoms with van der Waals surface area (Å²) in [5.74, 6) is 2.37. The topological polar surface area (TPSA) is 31.8 Å². The van der Waals surface area contributed by atoms with Gasteiger partial charge in [-0.15, -0.1) is 0 Å². The fourth-order valence-electron chi connectivity index (χ4n) is 7.91. The Morgan fingerprint density at radius 3 is 1.74 bits per heavy atom. The van der Waals surface area contributed by atoms with Crippen LogP contribution in [-0.2, 0) is 0 Å². The van der Waals surface area contributed by atoms with Gasteiger partial charge in [0.2, 0.25) is 0 Å². The lowest BCUT2D eigenvalue weighted by Crippen LogP contribution is -2.23. The van der Waals surface area contributed by atoms with Crippen molar-refractivity contribution in [2.75, 3.05) is 21.4 Å². The van der Waals surface area contributed by atoms with Crippen LogP contribution in [0.5, 0.6) is 11.5 Å². The second-order valence-corrected chi connectivity index (χ2v) is 13.7. The third-order valence-corrected chi connectivity index (χ3v) is 10.5. The van der Waals surface area contributed by atoms with Crippen LogP contribution in [0, 0.1) is 6.92 Å². The molecule has 7 aromatic carbocycles. The number of para-hydroxylation sites is 4. The largest absolute Gasteiger partial charge is 0.457 e. The van der Waals surface area contributed by atoms with Crippen LogP contribution in [0.4, 0.5) is 39.9 Å². The molecule has 0 saturated heterocycles. The van der Waals surface area contributed by atoms with Crippen molar-refractivity contribution < 1.29 is 4.74 Å². The molecule has 2 aliphatic rings. The minimum Gasteiger partial charge on any atom is -0.457 e. The van der Waals surface area contributed by atoms with Gasteiger partial charge in [0.1, 0.15) is 24.0 Å². The predicted octanol–water partition coefficient (Wildman–Crippen LogP) is 13.2. The smallest absolute Gasteiger partial charge is 0.137 e. The summed E-state index contributed by atoms with van der Waals surface area (Å²) < 4.78 is 6.76. The molecule has 54 heavy (non-hydrogen) atoms. The normalized spacial score (nSPS) is 12.7. The Hall–Kier alpha value is -7.11. The highest BCUT2D eigenvalue weighted by atomic mass is 16.5. The zero-order chi connectivity index (χ0) is 36.0. The van der Waals surface area contributed by atoms with Crippen molar-refractivity contribution in [1.29, 1.82) is 0 Å². The molecule has 10 rings (SSSR count). The summed E-state index contributed by atoms with van der Waals surface area (Å²) in [4.78, 5) is 12.1. The van der Waals surface area contributed by atoms with Crippen LogP contribution < -0.4 is 19.4 Å². The SMILES string of the molecule is Cc1cc(N2c3ccccc3-c3ccccc3-c3ccc(Oc4cccc(N5CN(c6ccccc6)c6ccccc65)c4)cc32)ncc1-c1ccccc1. The lowest BCUT2D eigenvalue weighted by molar-refractivity contribution is 0.483. The number of hydrogen-bond donors (Lipinski definition) is 0. The quantitative estimate of drug-likeness (QED) is 0.173. The molecule has 0 saturated carbocycles. The lowest BCUT2D eigenvalue weighted by atomic mass is 9.95. The van der Waals surface area contributed by atoms with E-state index in [4.69, 9.17) is 9.72 Å². The molecular weight excluding hydrogens is 661 g/mol. The monoisotopic (exact) mass is 696 g/mol. The van der Waals surface area contributed by atoms with E-state index in [1.54, 1.807) is 0 Å². The van der Waals surface area contributed by atoms with Crippen molar-refractivity contribution in [3.8, 4) is 44.9 Å². The summed E-state index contributed by atoms with van der Waals surface area (Å²) in [5.41, 5.74) is 14.7. The minimum absolute atomic E-state index is 0.703. The Bertz CT molecular complexity index is 2660. The molecule has 0 aliphatic carbocycles. The third-order valence-electron chi connectivity index (χ3n) is 10.5. The van der Waals surface area contributed by atoms with Crippen LogP contribution in [0.15, 0.2) is 188 Å². The van der Waals surface area contributed by atoms with E-state index in [1.165, 1.54) is 16.8 Å². The molecule has 0 fully saturated rings. The second-order valence-electron chi connectivity index (χ2n) is 13.7. The van der Waals surface area contributed by atoms with Gasteiger partial charge in [0, 0.05) is 46.4 Å². The molecule has 5 heteroatoms. The maximum atomic E-state index is 6.76. The molecule has 0 radical (unpaired) electrons. The Kier molecular flexibility index (Phi) is 7.69. The van der Waals surface area contributed by atoms with Gasteiger partial charge in [-0.05, 0) is 89.8 Å². The van der Waals surface area contributed by atoms with Gasteiger partial charge in [0.15, 0.2) is 0 Å². The number of ether oxygens (including phenoxy) is 1. The Morgan fingerprint density at radius 2 is 1.02 bits per heavy atom. The highest BCUT2D eigenvalue weighted by Crippen LogP contribution is 2.52. The number of benzene rings is 7. The molecule has 2 aliphatic heterocycles. The maximum absolute atomic E-state index is 6.76. The van der Waals surface area contributed by atoms with Gasteiger partial charge >= 0.3 is 0 Å². The number of anilines is 7. The van der Waals surface area contributed by atoms with Gasteiger partial charge in [-0.2, -0.15) is 0 Å². The molecule has 0 amide bonds. The van der Waals surface area contributed by atoms with Gasteiger partial charge in [-0.3, -0.25) is 4.90 Å². The van der Waals surface area contributed by atoms with Gasteiger partial charge in [-0.25, -0.2) is 4.98 Å². The number of fused-ring (bicyclic) bond motifs is 6. The standard InChI is InChI=1S/C49H36N4O/c1-34-29-49(50-32-44(34)35-15-4-2-5-16-35)53-45-24-11-10-23-42(45)40-21-8-9-22-41(40)43-28-27-39(31-48(43)53)54-38-20-14-19-37(30-38)52-33-51(36-17-6-3-7-18-36)46-25-12-13-26-47(46)52/h2-32H,33H2,1H3. The first-order valence-corrected chi connectivity index (χ1v) is 18.3. The Balaban J connectivity index is 1.05. The van der Waals surface area contributed by atoms with E-state index in [2.05, 4.69) is 191 Å². The summed E-state index contributed by atoms with van der Waals surface area (Å²) in [6, 6.07) is 63.9. The van der Waals surface area contributed by atoms with Crippen LogP contribution in [0.1, 0.15) is 5.56 Å². The van der Waals surface area contributed by atoms with Gasteiger partial charge in [-0.1, -0.05) is 109 Å².